The van der Waals surface area contributed by atoms with Crippen molar-refractivity contribution < 1.29 is 15.0 Å². The fourth-order valence-corrected chi connectivity index (χ4v) is 2.44. The summed E-state index contributed by atoms with van der Waals surface area (Å²) >= 11 is 6.00. The van der Waals surface area contributed by atoms with Crippen molar-refractivity contribution in [2.45, 2.75) is 37.1 Å². The molecule has 1 fully saturated rings. The van der Waals surface area contributed by atoms with Crippen LogP contribution in [0, 0.1) is 0 Å². The zero-order chi connectivity index (χ0) is 13.1. The lowest BCUT2D eigenvalue weighted by atomic mass is 9.95. The molecule has 2 rings (SSSR count). The van der Waals surface area contributed by atoms with Gasteiger partial charge < -0.3 is 15.5 Å². The van der Waals surface area contributed by atoms with Crippen LogP contribution in [0.3, 0.4) is 0 Å². The number of phenolic OH excluding ortho intramolecular Hbond substituents is 2. The Balaban J connectivity index is 1.99. The van der Waals surface area contributed by atoms with Crippen molar-refractivity contribution in [1.29, 1.82) is 0 Å². The molecule has 0 atom stereocenters. The highest BCUT2D eigenvalue weighted by atomic mass is 35.5. The van der Waals surface area contributed by atoms with Crippen LogP contribution >= 0.6 is 11.6 Å². The van der Waals surface area contributed by atoms with Crippen LogP contribution in [0.15, 0.2) is 18.2 Å². The second kappa shape index (κ2) is 5.48. The first-order valence-corrected chi connectivity index (χ1v) is 6.46. The SMILES string of the molecule is O=C(NC1CCC(Cl)CC1)c1cc(O)cc(O)c1. The normalized spacial score (nSPS) is 23.6. The maximum Gasteiger partial charge on any atom is 0.251 e. The lowest BCUT2D eigenvalue weighted by Gasteiger charge is -2.25. The van der Waals surface area contributed by atoms with Crippen LogP contribution < -0.4 is 5.32 Å². The Bertz CT molecular complexity index is 422. The lowest BCUT2D eigenvalue weighted by molar-refractivity contribution is 0.0927. The fourth-order valence-electron chi connectivity index (χ4n) is 2.19. The summed E-state index contributed by atoms with van der Waals surface area (Å²) in [4.78, 5) is 11.9. The summed E-state index contributed by atoms with van der Waals surface area (Å²) in [6, 6.07) is 3.98. The number of phenols is 2. The summed E-state index contributed by atoms with van der Waals surface area (Å²) in [7, 11) is 0. The van der Waals surface area contributed by atoms with E-state index < -0.39 is 0 Å². The van der Waals surface area contributed by atoms with Crippen molar-refractivity contribution in [1.82, 2.24) is 5.32 Å². The molecule has 18 heavy (non-hydrogen) atoms. The Morgan fingerprint density at radius 3 is 2.22 bits per heavy atom. The van der Waals surface area contributed by atoms with Gasteiger partial charge in [0.05, 0.1) is 0 Å². The third-order valence-corrected chi connectivity index (χ3v) is 3.59. The lowest BCUT2D eigenvalue weighted by Crippen LogP contribution is -2.37. The van der Waals surface area contributed by atoms with Crippen LogP contribution in [0.1, 0.15) is 36.0 Å². The predicted molar refractivity (Wildman–Crippen MR) is 69.1 cm³/mol. The van der Waals surface area contributed by atoms with Gasteiger partial charge in [-0.05, 0) is 37.8 Å². The first kappa shape index (κ1) is 13.0. The Hall–Kier alpha value is -1.42. The van der Waals surface area contributed by atoms with E-state index in [0.29, 0.717) is 0 Å². The molecule has 5 heteroatoms. The number of halogens is 1. The van der Waals surface area contributed by atoms with Gasteiger partial charge in [0.1, 0.15) is 11.5 Å². The molecule has 1 aliphatic rings. The Morgan fingerprint density at radius 2 is 1.67 bits per heavy atom. The number of aromatic hydroxyl groups is 2. The number of nitrogens with one attached hydrogen (secondary N) is 1. The number of hydrogen-bond acceptors (Lipinski definition) is 3. The van der Waals surface area contributed by atoms with Crippen molar-refractivity contribution >= 4 is 17.5 Å². The summed E-state index contributed by atoms with van der Waals surface area (Å²) in [6.45, 7) is 0. The monoisotopic (exact) mass is 269 g/mol. The van der Waals surface area contributed by atoms with Gasteiger partial charge in [0.2, 0.25) is 0 Å². The van der Waals surface area contributed by atoms with Gasteiger partial charge in [0, 0.05) is 23.0 Å². The maximum atomic E-state index is 11.9. The van der Waals surface area contributed by atoms with Crippen LogP contribution in [0.4, 0.5) is 0 Å². The molecule has 0 radical (unpaired) electrons. The van der Waals surface area contributed by atoms with Gasteiger partial charge >= 0.3 is 0 Å². The molecule has 0 aromatic heterocycles. The van der Waals surface area contributed by atoms with Crippen molar-refractivity contribution in [2.24, 2.45) is 0 Å². The van der Waals surface area contributed by atoms with Gasteiger partial charge in [0.15, 0.2) is 0 Å². The van der Waals surface area contributed by atoms with Gasteiger partial charge in [-0.1, -0.05) is 0 Å². The van der Waals surface area contributed by atoms with Crippen LogP contribution in [-0.4, -0.2) is 27.5 Å². The molecular weight excluding hydrogens is 254 g/mol. The van der Waals surface area contributed by atoms with E-state index in [1.54, 1.807) is 0 Å². The average Bonchev–Trinajstić information content (AvgIpc) is 2.31. The minimum atomic E-state index is -0.278. The highest BCUT2D eigenvalue weighted by Gasteiger charge is 2.21. The van der Waals surface area contributed by atoms with Crippen LogP contribution in [0.2, 0.25) is 0 Å². The largest absolute Gasteiger partial charge is 0.508 e. The van der Waals surface area contributed by atoms with E-state index in [1.807, 2.05) is 0 Å². The molecule has 1 aromatic carbocycles. The molecule has 0 bridgehead atoms. The maximum absolute atomic E-state index is 11.9. The van der Waals surface area contributed by atoms with E-state index in [4.69, 9.17) is 11.6 Å². The summed E-state index contributed by atoms with van der Waals surface area (Å²) in [5.74, 6) is -0.520. The number of alkyl halides is 1. The van der Waals surface area contributed by atoms with Gasteiger partial charge in [-0.2, -0.15) is 0 Å². The van der Waals surface area contributed by atoms with E-state index in [0.717, 1.165) is 25.7 Å². The van der Waals surface area contributed by atoms with Gasteiger partial charge in [0.25, 0.3) is 5.91 Å². The minimum Gasteiger partial charge on any atom is -0.508 e. The zero-order valence-electron chi connectivity index (χ0n) is 9.90. The van der Waals surface area contributed by atoms with Crippen molar-refractivity contribution in [3.63, 3.8) is 0 Å². The third-order valence-electron chi connectivity index (χ3n) is 3.16. The minimum absolute atomic E-state index is 0.121. The second-order valence-electron chi connectivity index (χ2n) is 4.66. The van der Waals surface area contributed by atoms with Gasteiger partial charge in [-0.3, -0.25) is 4.79 Å². The third kappa shape index (κ3) is 3.29. The molecule has 0 spiro atoms. The van der Waals surface area contributed by atoms with E-state index >= 15 is 0 Å². The number of hydrogen-bond donors (Lipinski definition) is 3. The van der Waals surface area contributed by atoms with E-state index in [9.17, 15) is 15.0 Å². The molecule has 1 saturated carbocycles. The zero-order valence-corrected chi connectivity index (χ0v) is 10.7. The number of carbonyl (C=O) groups excluding carboxylic acids is 1. The topological polar surface area (TPSA) is 69.6 Å². The van der Waals surface area contributed by atoms with Gasteiger partial charge in [-0.15, -0.1) is 11.6 Å². The van der Waals surface area contributed by atoms with Crippen LogP contribution in [-0.2, 0) is 0 Å². The Morgan fingerprint density at radius 1 is 1.11 bits per heavy atom. The van der Waals surface area contributed by atoms with Crippen molar-refractivity contribution in [3.05, 3.63) is 23.8 Å². The molecule has 3 N–H and O–H groups in total. The van der Waals surface area contributed by atoms with Crippen LogP contribution in [0.25, 0.3) is 0 Å². The quantitative estimate of drug-likeness (QED) is 0.722. The number of benzene rings is 1. The number of carbonyl (C=O) groups is 1. The predicted octanol–water partition coefficient (Wildman–Crippen LogP) is 2.38. The van der Waals surface area contributed by atoms with E-state index in [-0.39, 0.29) is 34.4 Å². The fraction of sp³-hybridized carbons (Fsp3) is 0.462. The first-order valence-electron chi connectivity index (χ1n) is 6.02. The number of amides is 1. The number of rotatable bonds is 2. The summed E-state index contributed by atoms with van der Waals surface area (Å²) < 4.78 is 0. The molecule has 0 heterocycles. The molecule has 1 aliphatic carbocycles. The smallest absolute Gasteiger partial charge is 0.251 e. The molecule has 98 valence electrons. The molecule has 0 aliphatic heterocycles. The molecule has 0 saturated heterocycles. The van der Waals surface area contributed by atoms with E-state index in [1.165, 1.54) is 18.2 Å². The van der Waals surface area contributed by atoms with Crippen molar-refractivity contribution in [2.75, 3.05) is 0 Å². The van der Waals surface area contributed by atoms with Crippen molar-refractivity contribution in [3.8, 4) is 11.5 Å². The Labute approximate surface area is 111 Å². The van der Waals surface area contributed by atoms with Gasteiger partial charge in [-0.25, -0.2) is 0 Å². The highest BCUT2D eigenvalue weighted by molar-refractivity contribution is 6.20. The average molecular weight is 270 g/mol. The first-order chi connectivity index (χ1) is 8.54. The molecule has 0 unspecified atom stereocenters. The Kier molecular flexibility index (Phi) is 3.97. The summed E-state index contributed by atoms with van der Waals surface area (Å²) in [5.41, 5.74) is 0.264. The summed E-state index contributed by atoms with van der Waals surface area (Å²) in [5, 5.41) is 21.8. The molecule has 4 nitrogen and oxygen atoms in total. The molecular formula is C13H16ClNO3. The van der Waals surface area contributed by atoms with E-state index in [2.05, 4.69) is 5.32 Å². The molecule has 1 aromatic rings. The highest BCUT2D eigenvalue weighted by Crippen LogP contribution is 2.24. The second-order valence-corrected chi connectivity index (χ2v) is 5.28. The summed E-state index contributed by atoms with van der Waals surface area (Å²) in [6.07, 6.45) is 3.53. The standard InChI is InChI=1S/C13H16ClNO3/c14-9-1-3-10(4-2-9)15-13(18)8-5-11(16)7-12(17)6-8/h5-7,9-10,16-17H,1-4H2,(H,15,18). The van der Waals surface area contributed by atoms with Crippen LogP contribution in [0.5, 0.6) is 11.5 Å². The molecule has 1 amide bonds.